The van der Waals surface area contributed by atoms with Gasteiger partial charge in [-0.2, -0.15) is 0 Å². The third kappa shape index (κ3) is 5.61. The van der Waals surface area contributed by atoms with E-state index in [9.17, 15) is 14.0 Å². The number of amides is 1. The minimum atomic E-state index is -0.347. The van der Waals surface area contributed by atoms with Gasteiger partial charge in [0.25, 0.3) is 11.5 Å². The highest BCUT2D eigenvalue weighted by atomic mass is 32.2. The molecule has 3 heterocycles. The van der Waals surface area contributed by atoms with E-state index in [0.717, 1.165) is 29.3 Å². The number of nitrogens with zero attached hydrogens (tertiary/aromatic N) is 3. The van der Waals surface area contributed by atoms with Crippen molar-refractivity contribution in [1.29, 1.82) is 0 Å². The highest BCUT2D eigenvalue weighted by Crippen LogP contribution is 2.34. The maximum atomic E-state index is 13.4. The predicted molar refractivity (Wildman–Crippen MR) is 141 cm³/mol. The molecule has 4 rings (SSSR count). The fourth-order valence-corrected chi connectivity index (χ4v) is 4.88. The van der Waals surface area contributed by atoms with Gasteiger partial charge in [0.2, 0.25) is 0 Å². The van der Waals surface area contributed by atoms with Crippen molar-refractivity contribution >= 4 is 51.7 Å². The van der Waals surface area contributed by atoms with Crippen LogP contribution >= 0.6 is 24.0 Å². The van der Waals surface area contributed by atoms with Crippen LogP contribution in [0.5, 0.6) is 0 Å². The quantitative estimate of drug-likeness (QED) is 0.259. The molecule has 7 nitrogen and oxygen atoms in total. The zero-order valence-electron chi connectivity index (χ0n) is 19.4. The summed E-state index contributed by atoms with van der Waals surface area (Å²) in [6.45, 7) is 5.83. The van der Waals surface area contributed by atoms with Gasteiger partial charge in [0.05, 0.1) is 17.0 Å². The molecule has 1 fully saturated rings. The predicted octanol–water partition coefficient (Wildman–Crippen LogP) is 4.38. The summed E-state index contributed by atoms with van der Waals surface area (Å²) in [5.74, 6) is -0.246. The van der Waals surface area contributed by atoms with Gasteiger partial charge in [-0.1, -0.05) is 42.2 Å². The SMILES string of the molecule is CCOCCCNc1nc2c(C)cccn2c(=O)c1/C=C1/SC(=S)N(Cc2ccc(F)cc2)C1=O. The summed E-state index contributed by atoms with van der Waals surface area (Å²) in [6, 6.07) is 9.59. The van der Waals surface area contributed by atoms with Gasteiger partial charge in [0, 0.05) is 26.0 Å². The number of thioether (sulfide) groups is 1. The van der Waals surface area contributed by atoms with Gasteiger partial charge < -0.3 is 10.1 Å². The van der Waals surface area contributed by atoms with Crippen molar-refractivity contribution in [3.63, 3.8) is 0 Å². The molecule has 0 spiro atoms. The first kappa shape index (κ1) is 25.0. The molecule has 1 saturated heterocycles. The van der Waals surface area contributed by atoms with Crippen molar-refractivity contribution < 1.29 is 13.9 Å². The molecule has 10 heteroatoms. The largest absolute Gasteiger partial charge is 0.382 e. The molecule has 1 aliphatic rings. The van der Waals surface area contributed by atoms with E-state index in [1.54, 1.807) is 30.5 Å². The molecule has 182 valence electrons. The number of ether oxygens (including phenoxy) is 1. The molecular formula is C25H25FN4O3S2. The molecule has 0 aliphatic carbocycles. The summed E-state index contributed by atoms with van der Waals surface area (Å²) in [6.07, 6.45) is 3.95. The summed E-state index contributed by atoms with van der Waals surface area (Å²) < 4.78 is 20.5. The second-order valence-corrected chi connectivity index (χ2v) is 9.61. The molecule has 0 atom stereocenters. The molecule has 0 unspecified atom stereocenters. The maximum Gasteiger partial charge on any atom is 0.267 e. The van der Waals surface area contributed by atoms with Crippen molar-refractivity contribution in [1.82, 2.24) is 14.3 Å². The molecule has 1 aromatic carbocycles. The van der Waals surface area contributed by atoms with Crippen molar-refractivity contribution in [3.05, 3.63) is 80.4 Å². The third-order valence-corrected chi connectivity index (χ3v) is 6.83. The lowest BCUT2D eigenvalue weighted by Crippen LogP contribution is -2.27. The Morgan fingerprint density at radius 2 is 2.00 bits per heavy atom. The first-order chi connectivity index (χ1) is 16.9. The molecule has 0 saturated carbocycles. The van der Waals surface area contributed by atoms with Crippen LogP contribution in [0.25, 0.3) is 11.7 Å². The highest BCUT2D eigenvalue weighted by Gasteiger charge is 2.32. The molecule has 3 aromatic rings. The summed E-state index contributed by atoms with van der Waals surface area (Å²) in [5.41, 5.74) is 2.16. The molecule has 2 aromatic heterocycles. The van der Waals surface area contributed by atoms with Crippen molar-refractivity contribution in [2.75, 3.05) is 25.1 Å². The lowest BCUT2D eigenvalue weighted by molar-refractivity contribution is -0.122. The van der Waals surface area contributed by atoms with Crippen molar-refractivity contribution in [2.45, 2.75) is 26.8 Å². The van der Waals surface area contributed by atoms with E-state index in [4.69, 9.17) is 21.9 Å². The Hall–Kier alpha value is -3.08. The Labute approximate surface area is 212 Å². The Kier molecular flexibility index (Phi) is 7.94. The lowest BCUT2D eigenvalue weighted by Gasteiger charge is -2.14. The average Bonchev–Trinajstić information content (AvgIpc) is 3.10. The second-order valence-electron chi connectivity index (χ2n) is 7.94. The van der Waals surface area contributed by atoms with Crippen LogP contribution in [-0.4, -0.2) is 44.3 Å². The summed E-state index contributed by atoms with van der Waals surface area (Å²) in [7, 11) is 0. The third-order valence-electron chi connectivity index (χ3n) is 5.45. The molecule has 1 aliphatic heterocycles. The lowest BCUT2D eigenvalue weighted by atomic mass is 10.2. The minimum absolute atomic E-state index is 0.221. The molecular weight excluding hydrogens is 487 g/mol. The van der Waals surface area contributed by atoms with E-state index in [0.29, 0.717) is 40.4 Å². The standard InChI is InChI=1S/C25H25FN4O3S2/c1-3-33-13-5-11-27-21-19(23(31)29-12-4-6-16(2)22(29)28-21)14-20-24(32)30(25(34)35-20)15-17-7-9-18(26)10-8-17/h4,6-10,12,14,27H,3,5,11,13,15H2,1-2H3/b20-14+. The van der Waals surface area contributed by atoms with Crippen LogP contribution in [0.15, 0.2) is 52.3 Å². The normalized spacial score (nSPS) is 14.9. The number of fused-ring (bicyclic) bond motifs is 1. The van der Waals surface area contributed by atoms with Crippen LogP contribution in [0.2, 0.25) is 0 Å². The first-order valence-corrected chi connectivity index (χ1v) is 12.4. The Bertz CT molecular complexity index is 1360. The van der Waals surface area contributed by atoms with E-state index in [1.807, 2.05) is 19.9 Å². The topological polar surface area (TPSA) is 75.9 Å². The van der Waals surface area contributed by atoms with Gasteiger partial charge >= 0.3 is 0 Å². The maximum absolute atomic E-state index is 13.4. The number of halogens is 1. The number of pyridine rings is 1. The smallest absolute Gasteiger partial charge is 0.267 e. The van der Waals surface area contributed by atoms with Crippen LogP contribution in [0, 0.1) is 12.7 Å². The minimum Gasteiger partial charge on any atom is -0.382 e. The number of hydrogen-bond donors (Lipinski definition) is 1. The van der Waals surface area contributed by atoms with E-state index >= 15 is 0 Å². The second kappa shape index (κ2) is 11.1. The van der Waals surface area contributed by atoms with Crippen LogP contribution < -0.4 is 10.9 Å². The number of nitrogens with one attached hydrogen (secondary N) is 1. The van der Waals surface area contributed by atoms with E-state index in [-0.39, 0.29) is 29.4 Å². The highest BCUT2D eigenvalue weighted by molar-refractivity contribution is 8.26. The molecule has 1 N–H and O–H groups in total. The zero-order chi connectivity index (χ0) is 24.9. The summed E-state index contributed by atoms with van der Waals surface area (Å²) in [4.78, 5) is 33.1. The molecule has 0 bridgehead atoms. The monoisotopic (exact) mass is 512 g/mol. The number of rotatable bonds is 9. The molecule has 35 heavy (non-hydrogen) atoms. The zero-order valence-corrected chi connectivity index (χ0v) is 21.0. The van der Waals surface area contributed by atoms with Gasteiger partial charge in [-0.3, -0.25) is 18.9 Å². The number of thiocarbonyl (C=S) groups is 1. The van der Waals surface area contributed by atoms with Gasteiger partial charge in [-0.05, 0) is 55.7 Å². The Morgan fingerprint density at radius 1 is 1.23 bits per heavy atom. The van der Waals surface area contributed by atoms with Crippen LogP contribution in [0.3, 0.4) is 0 Å². The van der Waals surface area contributed by atoms with E-state index in [1.165, 1.54) is 21.4 Å². The van der Waals surface area contributed by atoms with E-state index in [2.05, 4.69) is 5.32 Å². The van der Waals surface area contributed by atoms with Gasteiger partial charge in [-0.15, -0.1) is 0 Å². The molecule has 0 radical (unpaired) electrons. The Balaban J connectivity index is 1.67. The number of carbonyl (C=O) groups is 1. The van der Waals surface area contributed by atoms with Crippen LogP contribution in [0.4, 0.5) is 10.2 Å². The fraction of sp³-hybridized carbons (Fsp3) is 0.280. The average molecular weight is 513 g/mol. The summed E-state index contributed by atoms with van der Waals surface area (Å²) >= 11 is 6.56. The van der Waals surface area contributed by atoms with Gasteiger partial charge in [0.15, 0.2) is 0 Å². The van der Waals surface area contributed by atoms with Crippen LogP contribution in [0.1, 0.15) is 30.0 Å². The Morgan fingerprint density at radius 3 is 2.74 bits per heavy atom. The van der Waals surface area contributed by atoms with Crippen molar-refractivity contribution in [2.24, 2.45) is 0 Å². The van der Waals surface area contributed by atoms with Gasteiger partial charge in [-0.25, -0.2) is 9.37 Å². The van der Waals surface area contributed by atoms with E-state index < -0.39 is 0 Å². The fourth-order valence-electron chi connectivity index (χ4n) is 3.64. The number of benzene rings is 1. The molecule has 1 amide bonds. The van der Waals surface area contributed by atoms with Crippen LogP contribution in [-0.2, 0) is 16.1 Å². The number of aryl methyl sites for hydroxylation is 1. The number of aromatic nitrogens is 2. The number of anilines is 1. The van der Waals surface area contributed by atoms with Crippen molar-refractivity contribution in [3.8, 4) is 0 Å². The summed E-state index contributed by atoms with van der Waals surface area (Å²) in [5, 5.41) is 3.24. The number of carbonyl (C=O) groups excluding carboxylic acids is 1. The first-order valence-electron chi connectivity index (χ1n) is 11.2. The number of hydrogen-bond acceptors (Lipinski definition) is 7. The van der Waals surface area contributed by atoms with Gasteiger partial charge in [0.1, 0.15) is 21.6 Å².